The number of hydrogen-bond donors (Lipinski definition) is 1. The van der Waals surface area contributed by atoms with E-state index >= 15 is 0 Å². The summed E-state index contributed by atoms with van der Waals surface area (Å²) in [4.78, 5) is 0. The topological polar surface area (TPSA) is 69.6 Å². The molecule has 5 nitrogen and oxygen atoms in total. The standard InChI is InChI=1S/C12H16ClN5/c1-7(2)8(3)18-12(15-16-17-18)10-5-4-9(14)6-11(10)13/h4-8H,14H2,1-3H3. The smallest absolute Gasteiger partial charge is 0.183 e. The summed E-state index contributed by atoms with van der Waals surface area (Å²) in [6.07, 6.45) is 0. The molecule has 2 aromatic rings. The molecule has 2 N–H and O–H groups in total. The van der Waals surface area contributed by atoms with Crippen molar-refractivity contribution in [3.05, 3.63) is 23.2 Å². The van der Waals surface area contributed by atoms with Gasteiger partial charge >= 0.3 is 0 Å². The van der Waals surface area contributed by atoms with Crippen molar-refractivity contribution in [3.8, 4) is 11.4 Å². The molecule has 0 amide bonds. The van der Waals surface area contributed by atoms with Gasteiger partial charge in [-0.3, -0.25) is 0 Å². The number of rotatable bonds is 3. The van der Waals surface area contributed by atoms with Gasteiger partial charge in [-0.2, -0.15) is 0 Å². The van der Waals surface area contributed by atoms with Crippen LogP contribution in [0.3, 0.4) is 0 Å². The van der Waals surface area contributed by atoms with E-state index in [1.165, 1.54) is 0 Å². The van der Waals surface area contributed by atoms with Gasteiger partial charge in [0, 0.05) is 11.3 Å². The number of benzene rings is 1. The first-order valence-corrected chi connectivity index (χ1v) is 6.21. The molecule has 18 heavy (non-hydrogen) atoms. The maximum Gasteiger partial charge on any atom is 0.183 e. The number of nitrogens with two attached hydrogens (primary N) is 1. The summed E-state index contributed by atoms with van der Waals surface area (Å²) in [5.74, 6) is 1.10. The van der Waals surface area contributed by atoms with Gasteiger partial charge in [-0.05, 0) is 41.5 Å². The first kappa shape index (κ1) is 12.8. The normalized spacial score (nSPS) is 12.9. The van der Waals surface area contributed by atoms with Gasteiger partial charge in [0.2, 0.25) is 0 Å². The van der Waals surface area contributed by atoms with Crippen LogP contribution in [0.2, 0.25) is 5.02 Å². The van der Waals surface area contributed by atoms with Crippen LogP contribution in [0.5, 0.6) is 0 Å². The summed E-state index contributed by atoms with van der Waals surface area (Å²) in [5.41, 5.74) is 7.10. The Labute approximate surface area is 111 Å². The minimum absolute atomic E-state index is 0.198. The Morgan fingerprint density at radius 1 is 1.28 bits per heavy atom. The number of tetrazole rings is 1. The number of aromatic nitrogens is 4. The molecule has 96 valence electrons. The predicted octanol–water partition coefficient (Wildman–Crippen LogP) is 2.79. The van der Waals surface area contributed by atoms with Gasteiger partial charge in [0.05, 0.1) is 11.1 Å². The highest BCUT2D eigenvalue weighted by molar-refractivity contribution is 6.33. The van der Waals surface area contributed by atoms with E-state index < -0.39 is 0 Å². The Morgan fingerprint density at radius 2 is 2.00 bits per heavy atom. The second-order valence-corrected chi connectivity index (χ2v) is 5.08. The zero-order chi connectivity index (χ0) is 13.3. The van der Waals surface area contributed by atoms with Crippen LogP contribution in [-0.2, 0) is 0 Å². The van der Waals surface area contributed by atoms with Crippen molar-refractivity contribution in [2.75, 3.05) is 5.73 Å². The molecular weight excluding hydrogens is 250 g/mol. The molecule has 1 atom stereocenters. The second kappa shape index (κ2) is 4.94. The van der Waals surface area contributed by atoms with Crippen molar-refractivity contribution >= 4 is 17.3 Å². The minimum Gasteiger partial charge on any atom is -0.399 e. The SMILES string of the molecule is CC(C)C(C)n1nnnc1-c1ccc(N)cc1Cl. The maximum absolute atomic E-state index is 6.19. The summed E-state index contributed by atoms with van der Waals surface area (Å²) < 4.78 is 1.79. The molecular formula is C12H16ClN5. The molecule has 0 bridgehead atoms. The van der Waals surface area contributed by atoms with Crippen LogP contribution < -0.4 is 5.73 Å². The van der Waals surface area contributed by atoms with Crippen LogP contribution in [-0.4, -0.2) is 20.2 Å². The van der Waals surface area contributed by atoms with Crippen LogP contribution in [0.1, 0.15) is 26.8 Å². The van der Waals surface area contributed by atoms with Crippen molar-refractivity contribution in [3.63, 3.8) is 0 Å². The summed E-state index contributed by atoms with van der Waals surface area (Å²) in [5, 5.41) is 12.4. The molecule has 0 radical (unpaired) electrons. The van der Waals surface area contributed by atoms with Crippen LogP contribution in [0.25, 0.3) is 11.4 Å². The molecule has 1 heterocycles. The monoisotopic (exact) mass is 265 g/mol. The molecule has 0 saturated heterocycles. The third kappa shape index (κ3) is 2.31. The van der Waals surface area contributed by atoms with Gasteiger partial charge in [-0.25, -0.2) is 4.68 Å². The predicted molar refractivity (Wildman–Crippen MR) is 72.2 cm³/mol. The van der Waals surface area contributed by atoms with Crippen molar-refractivity contribution in [2.45, 2.75) is 26.8 Å². The van der Waals surface area contributed by atoms with Crippen LogP contribution >= 0.6 is 11.6 Å². The lowest BCUT2D eigenvalue weighted by molar-refractivity contribution is 0.371. The Kier molecular flexibility index (Phi) is 3.52. The van der Waals surface area contributed by atoms with Crippen molar-refractivity contribution in [2.24, 2.45) is 5.92 Å². The minimum atomic E-state index is 0.198. The fourth-order valence-electron chi connectivity index (χ4n) is 1.64. The van der Waals surface area contributed by atoms with Gasteiger partial charge in [-0.1, -0.05) is 25.4 Å². The highest BCUT2D eigenvalue weighted by Gasteiger charge is 2.18. The fourth-order valence-corrected chi connectivity index (χ4v) is 1.91. The van der Waals surface area contributed by atoms with Crippen molar-refractivity contribution in [1.29, 1.82) is 0 Å². The van der Waals surface area contributed by atoms with Crippen molar-refractivity contribution in [1.82, 2.24) is 20.2 Å². The molecule has 0 saturated carbocycles. The molecule has 6 heteroatoms. The molecule has 1 aromatic carbocycles. The highest BCUT2D eigenvalue weighted by atomic mass is 35.5. The molecule has 0 fully saturated rings. The highest BCUT2D eigenvalue weighted by Crippen LogP contribution is 2.30. The average molecular weight is 266 g/mol. The number of halogens is 1. The molecule has 2 rings (SSSR count). The van der Waals surface area contributed by atoms with E-state index in [1.54, 1.807) is 16.8 Å². The number of nitrogen functional groups attached to an aromatic ring is 1. The molecule has 1 aromatic heterocycles. The number of hydrogen-bond acceptors (Lipinski definition) is 4. The largest absolute Gasteiger partial charge is 0.399 e. The quantitative estimate of drug-likeness (QED) is 0.867. The van der Waals surface area contributed by atoms with Gasteiger partial charge in [0.1, 0.15) is 0 Å². The Balaban J connectivity index is 2.49. The van der Waals surface area contributed by atoms with Crippen molar-refractivity contribution < 1.29 is 0 Å². The summed E-state index contributed by atoms with van der Waals surface area (Å²) >= 11 is 6.19. The van der Waals surface area contributed by atoms with E-state index in [4.69, 9.17) is 17.3 Å². The van der Waals surface area contributed by atoms with Crippen LogP contribution in [0.15, 0.2) is 18.2 Å². The fraction of sp³-hybridized carbons (Fsp3) is 0.417. The lowest BCUT2D eigenvalue weighted by Crippen LogP contribution is -2.14. The van der Waals surface area contributed by atoms with Gasteiger partial charge in [0.15, 0.2) is 5.82 Å². The summed E-state index contributed by atoms with van der Waals surface area (Å²) in [7, 11) is 0. The zero-order valence-electron chi connectivity index (χ0n) is 10.6. The molecule has 1 unspecified atom stereocenters. The van der Waals surface area contributed by atoms with E-state index in [0.29, 0.717) is 22.5 Å². The molecule has 0 aliphatic carbocycles. The van der Waals surface area contributed by atoms with Gasteiger partial charge < -0.3 is 5.73 Å². The Bertz CT molecular complexity index is 549. The summed E-state index contributed by atoms with van der Waals surface area (Å²) in [6.45, 7) is 6.33. The maximum atomic E-state index is 6.19. The van der Waals surface area contributed by atoms with Gasteiger partial charge in [-0.15, -0.1) is 5.10 Å². The molecule has 0 aliphatic rings. The third-order valence-electron chi connectivity index (χ3n) is 3.08. The lowest BCUT2D eigenvalue weighted by atomic mass is 10.1. The van der Waals surface area contributed by atoms with E-state index in [-0.39, 0.29) is 6.04 Å². The third-order valence-corrected chi connectivity index (χ3v) is 3.39. The van der Waals surface area contributed by atoms with Gasteiger partial charge in [0.25, 0.3) is 0 Å². The van der Waals surface area contributed by atoms with E-state index in [0.717, 1.165) is 5.56 Å². The van der Waals surface area contributed by atoms with E-state index in [1.807, 2.05) is 6.07 Å². The zero-order valence-corrected chi connectivity index (χ0v) is 11.4. The van der Waals surface area contributed by atoms with E-state index in [2.05, 4.69) is 36.3 Å². The Morgan fingerprint density at radius 3 is 2.61 bits per heavy atom. The average Bonchev–Trinajstić information content (AvgIpc) is 2.76. The summed E-state index contributed by atoms with van der Waals surface area (Å²) in [6, 6.07) is 5.53. The second-order valence-electron chi connectivity index (χ2n) is 4.67. The van der Waals surface area contributed by atoms with Crippen LogP contribution in [0, 0.1) is 5.92 Å². The Hall–Kier alpha value is -1.62. The van der Waals surface area contributed by atoms with Crippen LogP contribution in [0.4, 0.5) is 5.69 Å². The number of anilines is 1. The van der Waals surface area contributed by atoms with E-state index in [9.17, 15) is 0 Å². The lowest BCUT2D eigenvalue weighted by Gasteiger charge is -2.17. The first-order chi connectivity index (χ1) is 8.50. The molecule has 0 aliphatic heterocycles. The number of nitrogens with zero attached hydrogens (tertiary/aromatic N) is 4. The first-order valence-electron chi connectivity index (χ1n) is 5.84. The molecule has 0 spiro atoms.